The molecular formula is C32H64O8. The molecule has 6 N–H and O–H groups in total. The highest BCUT2D eigenvalue weighted by molar-refractivity contribution is 4.88. The van der Waals surface area contributed by atoms with Crippen molar-refractivity contribution < 1.29 is 40.1 Å². The lowest BCUT2D eigenvalue weighted by molar-refractivity contribution is -0.301. The van der Waals surface area contributed by atoms with Crippen LogP contribution in [0.4, 0.5) is 0 Å². The Morgan fingerprint density at radius 1 is 0.550 bits per heavy atom. The number of aliphatic hydroxyl groups excluding tert-OH is 6. The van der Waals surface area contributed by atoms with Crippen LogP contribution in [0.15, 0.2) is 0 Å². The molecule has 0 saturated carbocycles. The maximum absolute atomic E-state index is 10.2. The Morgan fingerprint density at radius 2 is 0.950 bits per heavy atom. The van der Waals surface area contributed by atoms with Crippen molar-refractivity contribution in [2.24, 2.45) is 0 Å². The molecule has 1 aliphatic heterocycles. The van der Waals surface area contributed by atoms with Crippen LogP contribution in [-0.2, 0) is 9.47 Å². The number of unbranched alkanes of at least 4 members (excludes halogenated alkanes) is 18. The third kappa shape index (κ3) is 19.0. The smallest absolute Gasteiger partial charge is 0.186 e. The summed E-state index contributed by atoms with van der Waals surface area (Å²) in [5, 5.41) is 58.2. The SMILES string of the molecule is C[C@H](O)CCCCCCCCCCCCCCCCCCCCC[C@H](O)CCO[C@H]1O[C@H](CO)[C@@H](O)[C@H](O)[C@H]1O. The van der Waals surface area contributed by atoms with Crippen molar-refractivity contribution >= 4 is 0 Å². The molecule has 0 radical (unpaired) electrons. The van der Waals surface area contributed by atoms with E-state index in [0.717, 1.165) is 19.3 Å². The molecule has 8 heteroatoms. The van der Waals surface area contributed by atoms with Crippen LogP contribution in [0.3, 0.4) is 0 Å². The Balaban J connectivity index is 1.80. The molecule has 1 fully saturated rings. The average molecular weight is 577 g/mol. The standard InChI is InChI=1S/C32H64O8/c1-26(34)21-19-17-15-13-11-9-7-5-3-2-4-6-8-10-12-14-16-18-20-22-27(35)23-24-39-32-31(38)30(37)29(36)28(25-33)40-32/h26-38H,2-25H2,1H3/t26-,27-,28+,29+,30-,31+,32-/m0/s1. The highest BCUT2D eigenvalue weighted by atomic mass is 16.7. The second-order valence-corrected chi connectivity index (χ2v) is 12.2. The molecule has 0 aliphatic carbocycles. The minimum atomic E-state index is -1.44. The number of hydrogen-bond acceptors (Lipinski definition) is 8. The normalized spacial score (nSPS) is 24.8. The van der Waals surface area contributed by atoms with E-state index < -0.39 is 43.4 Å². The molecule has 7 atom stereocenters. The summed E-state index contributed by atoms with van der Waals surface area (Å²) in [5.74, 6) is 0. The first kappa shape index (κ1) is 37.7. The predicted molar refractivity (Wildman–Crippen MR) is 159 cm³/mol. The zero-order valence-corrected chi connectivity index (χ0v) is 25.5. The van der Waals surface area contributed by atoms with E-state index >= 15 is 0 Å². The molecule has 40 heavy (non-hydrogen) atoms. The molecule has 8 nitrogen and oxygen atoms in total. The van der Waals surface area contributed by atoms with E-state index in [4.69, 9.17) is 9.47 Å². The van der Waals surface area contributed by atoms with Gasteiger partial charge in [0, 0.05) is 0 Å². The van der Waals surface area contributed by atoms with Crippen molar-refractivity contribution in [2.75, 3.05) is 13.2 Å². The first-order chi connectivity index (χ1) is 19.4. The van der Waals surface area contributed by atoms with Gasteiger partial charge in [-0.1, -0.05) is 122 Å². The lowest BCUT2D eigenvalue weighted by Crippen LogP contribution is -2.59. The lowest BCUT2D eigenvalue weighted by atomic mass is 9.99. The summed E-state index contributed by atoms with van der Waals surface area (Å²) in [6, 6.07) is 0. The number of hydrogen-bond donors (Lipinski definition) is 6. The van der Waals surface area contributed by atoms with Crippen molar-refractivity contribution in [1.29, 1.82) is 0 Å². The van der Waals surface area contributed by atoms with Crippen LogP contribution >= 0.6 is 0 Å². The molecule has 0 spiro atoms. The molecule has 1 saturated heterocycles. The number of rotatable bonds is 27. The van der Waals surface area contributed by atoms with Crippen LogP contribution in [0.25, 0.3) is 0 Å². The molecule has 240 valence electrons. The van der Waals surface area contributed by atoms with Gasteiger partial charge in [-0.3, -0.25) is 0 Å². The van der Waals surface area contributed by atoms with Crippen molar-refractivity contribution in [3.8, 4) is 0 Å². The number of aliphatic hydroxyl groups is 6. The Labute approximate surface area is 244 Å². The van der Waals surface area contributed by atoms with Crippen LogP contribution < -0.4 is 0 Å². The Hall–Kier alpha value is -0.320. The minimum Gasteiger partial charge on any atom is -0.394 e. The zero-order chi connectivity index (χ0) is 29.4. The van der Waals surface area contributed by atoms with Crippen LogP contribution in [0, 0.1) is 0 Å². The molecule has 0 unspecified atom stereocenters. The lowest BCUT2D eigenvalue weighted by Gasteiger charge is -2.39. The second-order valence-electron chi connectivity index (χ2n) is 12.2. The van der Waals surface area contributed by atoms with E-state index in [1.165, 1.54) is 109 Å². The van der Waals surface area contributed by atoms with Crippen molar-refractivity contribution in [1.82, 2.24) is 0 Å². The Morgan fingerprint density at radius 3 is 1.35 bits per heavy atom. The van der Waals surface area contributed by atoms with E-state index in [2.05, 4.69) is 0 Å². The number of ether oxygens (including phenoxy) is 2. The van der Waals surface area contributed by atoms with Gasteiger partial charge < -0.3 is 40.1 Å². The van der Waals surface area contributed by atoms with E-state index in [9.17, 15) is 30.6 Å². The van der Waals surface area contributed by atoms with Gasteiger partial charge in [0.15, 0.2) is 6.29 Å². The molecular weight excluding hydrogens is 512 g/mol. The fourth-order valence-electron chi connectivity index (χ4n) is 5.49. The fourth-order valence-corrected chi connectivity index (χ4v) is 5.49. The van der Waals surface area contributed by atoms with E-state index in [0.29, 0.717) is 12.8 Å². The van der Waals surface area contributed by atoms with Crippen molar-refractivity contribution in [3.05, 3.63) is 0 Å². The average Bonchev–Trinajstić information content (AvgIpc) is 2.93. The van der Waals surface area contributed by atoms with Gasteiger partial charge in [-0.05, 0) is 26.2 Å². The summed E-state index contributed by atoms with van der Waals surface area (Å²) in [4.78, 5) is 0. The van der Waals surface area contributed by atoms with Crippen LogP contribution in [-0.4, -0.2) is 86.8 Å². The van der Waals surface area contributed by atoms with Gasteiger partial charge in [0.2, 0.25) is 0 Å². The summed E-state index contributed by atoms with van der Waals surface area (Å²) in [6.07, 6.45) is 19.8. The molecule has 0 aromatic carbocycles. The first-order valence-electron chi connectivity index (χ1n) is 16.6. The largest absolute Gasteiger partial charge is 0.394 e. The summed E-state index contributed by atoms with van der Waals surface area (Å²) < 4.78 is 10.8. The van der Waals surface area contributed by atoms with Gasteiger partial charge >= 0.3 is 0 Å². The van der Waals surface area contributed by atoms with Crippen LogP contribution in [0.5, 0.6) is 0 Å². The third-order valence-corrected chi connectivity index (χ3v) is 8.24. The summed E-state index contributed by atoms with van der Waals surface area (Å²) in [7, 11) is 0. The summed E-state index contributed by atoms with van der Waals surface area (Å²) in [6.45, 7) is 1.56. The molecule has 0 aromatic heterocycles. The van der Waals surface area contributed by atoms with Gasteiger partial charge in [-0.15, -0.1) is 0 Å². The molecule has 0 amide bonds. The summed E-state index contributed by atoms with van der Waals surface area (Å²) >= 11 is 0. The molecule has 1 aliphatic rings. The molecule has 0 aromatic rings. The topological polar surface area (TPSA) is 140 Å². The maximum atomic E-state index is 10.2. The molecule has 0 bridgehead atoms. The van der Waals surface area contributed by atoms with Gasteiger partial charge in [0.25, 0.3) is 0 Å². The van der Waals surface area contributed by atoms with E-state index in [1.54, 1.807) is 0 Å². The molecule has 1 rings (SSSR count). The van der Waals surface area contributed by atoms with Crippen LogP contribution in [0.1, 0.15) is 148 Å². The zero-order valence-electron chi connectivity index (χ0n) is 25.5. The van der Waals surface area contributed by atoms with Gasteiger partial charge in [-0.25, -0.2) is 0 Å². The fraction of sp³-hybridized carbons (Fsp3) is 1.00. The van der Waals surface area contributed by atoms with E-state index in [-0.39, 0.29) is 12.7 Å². The Bertz CT molecular complexity index is 547. The minimum absolute atomic E-state index is 0.135. The highest BCUT2D eigenvalue weighted by Crippen LogP contribution is 2.22. The first-order valence-corrected chi connectivity index (χ1v) is 16.6. The third-order valence-electron chi connectivity index (χ3n) is 8.24. The van der Waals surface area contributed by atoms with Crippen molar-refractivity contribution in [2.45, 2.75) is 191 Å². The quantitative estimate of drug-likeness (QED) is 0.0740. The Kier molecular flexibility index (Phi) is 23.8. The van der Waals surface area contributed by atoms with E-state index in [1.807, 2.05) is 6.92 Å². The van der Waals surface area contributed by atoms with Crippen molar-refractivity contribution in [3.63, 3.8) is 0 Å². The predicted octanol–water partition coefficient (Wildman–Crippen LogP) is 5.13. The van der Waals surface area contributed by atoms with Crippen LogP contribution in [0.2, 0.25) is 0 Å². The van der Waals surface area contributed by atoms with Gasteiger partial charge in [0.05, 0.1) is 25.4 Å². The monoisotopic (exact) mass is 576 g/mol. The highest BCUT2D eigenvalue weighted by Gasteiger charge is 2.43. The second kappa shape index (κ2) is 25.2. The van der Waals surface area contributed by atoms with Gasteiger partial charge in [-0.2, -0.15) is 0 Å². The van der Waals surface area contributed by atoms with Gasteiger partial charge in [0.1, 0.15) is 24.4 Å². The maximum Gasteiger partial charge on any atom is 0.186 e. The molecule has 1 heterocycles. The summed E-state index contributed by atoms with van der Waals surface area (Å²) in [5.41, 5.74) is 0.